The van der Waals surface area contributed by atoms with E-state index in [1.165, 1.54) is 30.3 Å². The number of primary sulfonamides is 1. The number of sulfonamides is 1. The molecular formula is C18H18N4O5S. The van der Waals surface area contributed by atoms with Crippen molar-refractivity contribution < 1.29 is 22.8 Å². The van der Waals surface area contributed by atoms with Crippen molar-refractivity contribution >= 4 is 39.1 Å². The maximum atomic E-state index is 12.5. The number of nitrogens with two attached hydrogens (primary N) is 1. The van der Waals surface area contributed by atoms with E-state index in [4.69, 9.17) is 5.14 Å². The van der Waals surface area contributed by atoms with Gasteiger partial charge in [-0.15, -0.1) is 0 Å². The van der Waals surface area contributed by atoms with Gasteiger partial charge in [0.05, 0.1) is 27.4 Å². The number of anilines is 2. The monoisotopic (exact) mass is 402 g/mol. The lowest BCUT2D eigenvalue weighted by Crippen LogP contribution is -2.37. The van der Waals surface area contributed by atoms with Crippen LogP contribution >= 0.6 is 0 Å². The van der Waals surface area contributed by atoms with Crippen LogP contribution in [0.5, 0.6) is 0 Å². The van der Waals surface area contributed by atoms with Crippen molar-refractivity contribution in [1.82, 2.24) is 4.90 Å². The molecule has 0 bridgehead atoms. The number of fused-ring (bicyclic) bond motifs is 1. The summed E-state index contributed by atoms with van der Waals surface area (Å²) in [6.07, 6.45) is 0. The molecule has 28 heavy (non-hydrogen) atoms. The summed E-state index contributed by atoms with van der Waals surface area (Å²) < 4.78 is 23.2. The largest absolute Gasteiger partial charge is 0.376 e. The Labute approximate surface area is 161 Å². The lowest BCUT2D eigenvalue weighted by molar-refractivity contribution is -0.116. The fraction of sp³-hybridized carbons (Fsp3) is 0.167. The molecule has 0 radical (unpaired) electrons. The quantitative estimate of drug-likeness (QED) is 0.706. The molecule has 1 aliphatic rings. The minimum Gasteiger partial charge on any atom is -0.376 e. The van der Waals surface area contributed by atoms with E-state index < -0.39 is 34.3 Å². The number of rotatable bonds is 5. The van der Waals surface area contributed by atoms with Gasteiger partial charge in [0, 0.05) is 14.1 Å². The fourth-order valence-electron chi connectivity index (χ4n) is 2.90. The molecule has 0 atom stereocenters. The summed E-state index contributed by atoms with van der Waals surface area (Å²) in [5.41, 5.74) is 1.21. The fourth-order valence-corrected chi connectivity index (χ4v) is 3.44. The molecule has 10 heteroatoms. The first kappa shape index (κ1) is 19.5. The van der Waals surface area contributed by atoms with Gasteiger partial charge in [-0.1, -0.05) is 12.1 Å². The van der Waals surface area contributed by atoms with Crippen LogP contribution in [0.3, 0.4) is 0 Å². The highest BCUT2D eigenvalue weighted by Crippen LogP contribution is 2.28. The average Bonchev–Trinajstić information content (AvgIpc) is 2.86. The predicted octanol–water partition coefficient (Wildman–Crippen LogP) is 0.635. The molecule has 1 aliphatic heterocycles. The Balaban J connectivity index is 1.84. The van der Waals surface area contributed by atoms with Crippen molar-refractivity contribution in [3.8, 4) is 0 Å². The Kier molecular flexibility index (Phi) is 4.92. The summed E-state index contributed by atoms with van der Waals surface area (Å²) in [5, 5.41) is 7.70. The normalized spacial score (nSPS) is 13.5. The highest BCUT2D eigenvalue weighted by Gasteiger charge is 2.36. The van der Waals surface area contributed by atoms with E-state index in [2.05, 4.69) is 5.32 Å². The van der Waals surface area contributed by atoms with Gasteiger partial charge in [0.1, 0.15) is 6.54 Å². The van der Waals surface area contributed by atoms with Crippen molar-refractivity contribution in [3.63, 3.8) is 0 Å². The Morgan fingerprint density at radius 2 is 1.64 bits per heavy atom. The Morgan fingerprint density at radius 3 is 2.14 bits per heavy atom. The Hall–Kier alpha value is -3.24. The molecule has 1 heterocycles. The van der Waals surface area contributed by atoms with Crippen molar-refractivity contribution in [1.29, 1.82) is 0 Å². The molecule has 0 unspecified atom stereocenters. The number of nitrogens with one attached hydrogen (secondary N) is 1. The van der Waals surface area contributed by atoms with E-state index >= 15 is 0 Å². The number of carbonyl (C=O) groups is 3. The highest BCUT2D eigenvalue weighted by molar-refractivity contribution is 7.89. The predicted molar refractivity (Wildman–Crippen MR) is 103 cm³/mol. The van der Waals surface area contributed by atoms with E-state index in [0.717, 1.165) is 4.90 Å². The second-order valence-corrected chi connectivity index (χ2v) is 7.97. The first-order valence-corrected chi connectivity index (χ1v) is 9.73. The molecular weight excluding hydrogens is 384 g/mol. The van der Waals surface area contributed by atoms with E-state index in [9.17, 15) is 22.8 Å². The van der Waals surface area contributed by atoms with Gasteiger partial charge < -0.3 is 10.2 Å². The molecule has 9 nitrogen and oxygen atoms in total. The third-order valence-corrected chi connectivity index (χ3v) is 5.14. The number of imide groups is 1. The number of carbonyl (C=O) groups excluding carboxylic acids is 3. The van der Waals surface area contributed by atoms with Crippen LogP contribution in [0, 0.1) is 0 Å². The van der Waals surface area contributed by atoms with E-state index in [1.54, 1.807) is 31.1 Å². The summed E-state index contributed by atoms with van der Waals surface area (Å²) in [7, 11) is -0.540. The van der Waals surface area contributed by atoms with Gasteiger partial charge in [0.15, 0.2) is 0 Å². The molecule has 0 fully saturated rings. The lowest BCUT2D eigenvalue weighted by Gasteiger charge is -2.20. The van der Waals surface area contributed by atoms with Crippen molar-refractivity contribution in [3.05, 3.63) is 53.6 Å². The SMILES string of the molecule is CN(C)c1ccc(S(N)(=O)=O)cc1NC(=O)CN1C(=O)c2ccccc2C1=O. The standard InChI is InChI=1S/C18H18N4O5S/c1-21(2)15-8-7-11(28(19,26)27)9-14(15)20-16(23)10-22-17(24)12-5-3-4-6-13(12)18(22)25/h3-9H,10H2,1-2H3,(H,20,23)(H2,19,26,27). The summed E-state index contributed by atoms with van der Waals surface area (Å²) in [6.45, 7) is -0.501. The zero-order valence-corrected chi connectivity index (χ0v) is 16.0. The van der Waals surface area contributed by atoms with Gasteiger partial charge in [-0.25, -0.2) is 13.6 Å². The molecule has 0 aromatic heterocycles. The summed E-state index contributed by atoms with van der Waals surface area (Å²) in [4.78, 5) is 39.6. The smallest absolute Gasteiger partial charge is 0.262 e. The zero-order valence-electron chi connectivity index (χ0n) is 15.2. The first-order valence-electron chi connectivity index (χ1n) is 8.19. The van der Waals surface area contributed by atoms with Crippen LogP contribution in [-0.4, -0.2) is 51.7 Å². The maximum Gasteiger partial charge on any atom is 0.262 e. The average molecular weight is 402 g/mol. The van der Waals surface area contributed by atoms with Crippen LogP contribution < -0.4 is 15.4 Å². The molecule has 0 spiro atoms. The lowest BCUT2D eigenvalue weighted by atomic mass is 10.1. The second-order valence-electron chi connectivity index (χ2n) is 6.41. The van der Waals surface area contributed by atoms with Crippen LogP contribution in [0.1, 0.15) is 20.7 Å². The third-order valence-electron chi connectivity index (χ3n) is 4.23. The minimum absolute atomic E-state index is 0.172. The molecule has 0 saturated heterocycles. The van der Waals surface area contributed by atoms with Gasteiger partial charge in [-0.3, -0.25) is 19.3 Å². The van der Waals surface area contributed by atoms with Gasteiger partial charge in [0.25, 0.3) is 11.8 Å². The minimum atomic E-state index is -3.97. The maximum absolute atomic E-state index is 12.5. The molecule has 146 valence electrons. The van der Waals surface area contributed by atoms with Crippen LogP contribution in [0.4, 0.5) is 11.4 Å². The first-order chi connectivity index (χ1) is 13.1. The summed E-state index contributed by atoms with van der Waals surface area (Å²) in [5.74, 6) is -1.76. The van der Waals surface area contributed by atoms with Crippen molar-refractivity contribution in [2.45, 2.75) is 4.90 Å². The van der Waals surface area contributed by atoms with Crippen LogP contribution in [0.25, 0.3) is 0 Å². The van der Waals surface area contributed by atoms with Crippen LogP contribution in [0.2, 0.25) is 0 Å². The molecule has 2 aromatic carbocycles. The van der Waals surface area contributed by atoms with Gasteiger partial charge >= 0.3 is 0 Å². The van der Waals surface area contributed by atoms with Crippen molar-refractivity contribution in [2.75, 3.05) is 30.9 Å². The molecule has 3 amide bonds. The van der Waals surface area contributed by atoms with Crippen LogP contribution in [-0.2, 0) is 14.8 Å². The molecule has 0 aliphatic carbocycles. The third kappa shape index (κ3) is 3.59. The second kappa shape index (κ2) is 7.06. The Morgan fingerprint density at radius 1 is 1.07 bits per heavy atom. The number of benzene rings is 2. The van der Waals surface area contributed by atoms with Gasteiger partial charge in [-0.2, -0.15) is 0 Å². The number of hydrogen-bond acceptors (Lipinski definition) is 6. The van der Waals surface area contributed by atoms with Gasteiger partial charge in [-0.05, 0) is 30.3 Å². The molecule has 3 N–H and O–H groups in total. The highest BCUT2D eigenvalue weighted by atomic mass is 32.2. The van der Waals surface area contributed by atoms with E-state index in [0.29, 0.717) is 5.69 Å². The summed E-state index contributed by atoms with van der Waals surface area (Å²) >= 11 is 0. The molecule has 2 aromatic rings. The number of nitrogens with zero attached hydrogens (tertiary/aromatic N) is 2. The molecule has 0 saturated carbocycles. The molecule has 3 rings (SSSR count). The van der Waals surface area contributed by atoms with Gasteiger partial charge in [0.2, 0.25) is 15.9 Å². The summed E-state index contributed by atoms with van der Waals surface area (Å²) in [6, 6.07) is 10.4. The zero-order chi connectivity index (χ0) is 20.6. The van der Waals surface area contributed by atoms with E-state index in [-0.39, 0.29) is 21.7 Å². The number of hydrogen-bond donors (Lipinski definition) is 2. The van der Waals surface area contributed by atoms with Crippen molar-refractivity contribution in [2.24, 2.45) is 5.14 Å². The van der Waals surface area contributed by atoms with E-state index in [1.807, 2.05) is 0 Å². The topological polar surface area (TPSA) is 130 Å². The van der Waals surface area contributed by atoms with Crippen LogP contribution in [0.15, 0.2) is 47.4 Å². The Bertz CT molecular complexity index is 1060. The number of amides is 3.